The van der Waals surface area contributed by atoms with Crippen molar-refractivity contribution in [3.63, 3.8) is 0 Å². The molecule has 1 aromatic carbocycles. The molecule has 5 nitrogen and oxygen atoms in total. The van der Waals surface area contributed by atoms with Crippen LogP contribution in [-0.4, -0.2) is 41.7 Å². The van der Waals surface area contributed by atoms with Crippen molar-refractivity contribution in [3.8, 4) is 0 Å². The average molecular weight is 256 g/mol. The second-order valence-corrected chi connectivity index (χ2v) is 6.35. The number of carboxylic acid groups (broad SMARTS) is 2. The summed E-state index contributed by atoms with van der Waals surface area (Å²) in [6, 6.07) is 4.48. The van der Waals surface area contributed by atoms with Crippen LogP contribution >= 0.6 is 0 Å². The molecule has 7 heteroatoms. The van der Waals surface area contributed by atoms with Gasteiger partial charge in [0.1, 0.15) is 9.76 Å². The molecule has 86 valence electrons. The molecule has 0 atom stereocenters. The first-order chi connectivity index (χ1) is 7.57. The Balaban J connectivity index is 3.21. The average Bonchev–Trinajstić information content (AvgIpc) is 2.25. The standard InChI is InChI=1S/C9H12O5Si2/c1-15-14-16-6-4-2-3-5(8(10)11)7(6)9(12)13/h2-4H,15-16H2,1H3,(H,10,11)(H,12,13). The first-order valence-electron chi connectivity index (χ1n) is 4.74. The van der Waals surface area contributed by atoms with E-state index in [1.165, 1.54) is 6.07 Å². The summed E-state index contributed by atoms with van der Waals surface area (Å²) >= 11 is 0. The first kappa shape index (κ1) is 12.6. The summed E-state index contributed by atoms with van der Waals surface area (Å²) < 4.78 is 5.37. The van der Waals surface area contributed by atoms with E-state index in [-0.39, 0.29) is 11.1 Å². The zero-order valence-corrected chi connectivity index (χ0v) is 11.6. The maximum absolute atomic E-state index is 11.0. The molecule has 16 heavy (non-hydrogen) atoms. The van der Waals surface area contributed by atoms with Crippen LogP contribution in [0, 0.1) is 0 Å². The van der Waals surface area contributed by atoms with Crippen LogP contribution in [0.4, 0.5) is 0 Å². The van der Waals surface area contributed by atoms with Crippen LogP contribution < -0.4 is 5.19 Å². The minimum Gasteiger partial charge on any atom is -0.478 e. The smallest absolute Gasteiger partial charge is 0.336 e. The second kappa shape index (κ2) is 5.59. The maximum Gasteiger partial charge on any atom is 0.336 e. The van der Waals surface area contributed by atoms with Crippen molar-refractivity contribution in [1.29, 1.82) is 0 Å². The molecule has 0 saturated carbocycles. The van der Waals surface area contributed by atoms with Gasteiger partial charge in [-0.2, -0.15) is 0 Å². The molecule has 0 radical (unpaired) electrons. The largest absolute Gasteiger partial charge is 0.478 e. The highest BCUT2D eigenvalue weighted by Crippen LogP contribution is 2.06. The van der Waals surface area contributed by atoms with Gasteiger partial charge in [-0.05, 0) is 11.3 Å². The molecule has 0 amide bonds. The third-order valence-electron chi connectivity index (χ3n) is 2.06. The van der Waals surface area contributed by atoms with Gasteiger partial charge in [0.25, 0.3) is 0 Å². The van der Waals surface area contributed by atoms with Gasteiger partial charge in [0.2, 0.25) is 0 Å². The molecule has 1 rings (SSSR count). The molecular formula is C9H12O5Si2. The molecule has 0 aromatic heterocycles. The molecule has 0 fully saturated rings. The Bertz CT molecular complexity index is 418. The van der Waals surface area contributed by atoms with Gasteiger partial charge in [0, 0.05) is 0 Å². The van der Waals surface area contributed by atoms with Gasteiger partial charge in [-0.3, -0.25) is 0 Å². The predicted octanol–water partition coefficient (Wildman–Crippen LogP) is -1.06. The van der Waals surface area contributed by atoms with Crippen molar-refractivity contribution in [3.05, 3.63) is 29.3 Å². The fourth-order valence-electron chi connectivity index (χ4n) is 1.36. The van der Waals surface area contributed by atoms with Gasteiger partial charge in [-0.25, -0.2) is 9.59 Å². The Morgan fingerprint density at radius 1 is 1.25 bits per heavy atom. The highest BCUT2D eigenvalue weighted by atomic mass is 28.3. The lowest BCUT2D eigenvalue weighted by atomic mass is 10.1. The predicted molar refractivity (Wildman–Crippen MR) is 64.0 cm³/mol. The molecule has 0 aliphatic rings. The minimum absolute atomic E-state index is 0.121. The van der Waals surface area contributed by atoms with E-state index in [9.17, 15) is 9.59 Å². The normalized spacial score (nSPS) is 11.6. The van der Waals surface area contributed by atoms with E-state index in [1.807, 2.05) is 6.55 Å². The van der Waals surface area contributed by atoms with E-state index >= 15 is 0 Å². The lowest BCUT2D eigenvalue weighted by Crippen LogP contribution is -2.28. The molecule has 1 aromatic rings. The van der Waals surface area contributed by atoms with Crippen LogP contribution in [0.3, 0.4) is 0 Å². The monoisotopic (exact) mass is 256 g/mol. The van der Waals surface area contributed by atoms with Crippen LogP contribution in [0.5, 0.6) is 0 Å². The molecule has 0 spiro atoms. The van der Waals surface area contributed by atoms with Crippen LogP contribution in [0.25, 0.3) is 0 Å². The molecule has 0 unspecified atom stereocenters. The molecule has 2 N–H and O–H groups in total. The Labute approximate surface area is 96.9 Å². The topological polar surface area (TPSA) is 83.8 Å². The molecular weight excluding hydrogens is 244 g/mol. The Morgan fingerprint density at radius 3 is 2.44 bits per heavy atom. The van der Waals surface area contributed by atoms with Crippen molar-refractivity contribution < 1.29 is 23.9 Å². The first-order valence-corrected chi connectivity index (χ1v) is 8.01. The van der Waals surface area contributed by atoms with Crippen LogP contribution in [0.2, 0.25) is 6.55 Å². The fraction of sp³-hybridized carbons (Fsp3) is 0.111. The Morgan fingerprint density at radius 2 is 1.94 bits per heavy atom. The van der Waals surface area contributed by atoms with Crippen LogP contribution in [0.15, 0.2) is 18.2 Å². The number of aromatic carboxylic acids is 2. The quantitative estimate of drug-likeness (QED) is 0.656. The SMILES string of the molecule is C[SiH2]O[SiH2]c1cccc(C(=O)O)c1C(=O)O. The summed E-state index contributed by atoms with van der Waals surface area (Å²) in [7, 11) is -1.70. The zero-order chi connectivity index (χ0) is 12.1. The highest BCUT2D eigenvalue weighted by molar-refractivity contribution is 6.55. The molecule has 0 aliphatic heterocycles. The van der Waals surface area contributed by atoms with Crippen molar-refractivity contribution in [2.75, 3.05) is 0 Å². The molecule has 0 heterocycles. The van der Waals surface area contributed by atoms with E-state index in [0.29, 0.717) is 5.19 Å². The third kappa shape index (κ3) is 2.78. The zero-order valence-electron chi connectivity index (χ0n) is 8.77. The second-order valence-electron chi connectivity index (χ2n) is 3.09. The summed E-state index contributed by atoms with van der Waals surface area (Å²) in [6.07, 6.45) is 0. The van der Waals surface area contributed by atoms with Crippen molar-refractivity contribution >= 4 is 36.7 Å². The number of benzene rings is 1. The van der Waals surface area contributed by atoms with Gasteiger partial charge >= 0.3 is 11.9 Å². The molecule has 0 aliphatic carbocycles. The lowest BCUT2D eigenvalue weighted by Gasteiger charge is -2.08. The van der Waals surface area contributed by atoms with Gasteiger partial charge in [0.15, 0.2) is 9.76 Å². The van der Waals surface area contributed by atoms with Gasteiger partial charge < -0.3 is 14.3 Å². The van der Waals surface area contributed by atoms with E-state index in [2.05, 4.69) is 0 Å². The van der Waals surface area contributed by atoms with E-state index in [4.69, 9.17) is 14.3 Å². The summed E-state index contributed by atoms with van der Waals surface area (Å²) in [5.74, 6) is -2.43. The van der Waals surface area contributed by atoms with E-state index in [1.54, 1.807) is 12.1 Å². The lowest BCUT2D eigenvalue weighted by molar-refractivity contribution is 0.0652. The highest BCUT2D eigenvalue weighted by Gasteiger charge is 2.19. The number of hydrogen-bond donors (Lipinski definition) is 2. The number of carbonyl (C=O) groups is 2. The molecule has 0 bridgehead atoms. The van der Waals surface area contributed by atoms with Crippen molar-refractivity contribution in [2.45, 2.75) is 6.55 Å². The summed E-state index contributed by atoms with van der Waals surface area (Å²) in [5, 5.41) is 18.4. The van der Waals surface area contributed by atoms with Crippen LogP contribution in [-0.2, 0) is 4.12 Å². The number of rotatable bonds is 5. The maximum atomic E-state index is 11.0. The number of hydrogen-bond acceptors (Lipinski definition) is 3. The van der Waals surface area contributed by atoms with Crippen LogP contribution in [0.1, 0.15) is 20.7 Å². The summed E-state index contributed by atoms with van der Waals surface area (Å²) in [4.78, 5) is 21.9. The Hall–Kier alpha value is -1.45. The third-order valence-corrected chi connectivity index (χ3v) is 5.41. The van der Waals surface area contributed by atoms with Gasteiger partial charge in [-0.15, -0.1) is 0 Å². The van der Waals surface area contributed by atoms with Gasteiger partial charge in [-0.1, -0.05) is 18.7 Å². The number of carboxylic acids is 2. The van der Waals surface area contributed by atoms with E-state index < -0.39 is 31.5 Å². The van der Waals surface area contributed by atoms with Crippen molar-refractivity contribution in [1.82, 2.24) is 0 Å². The minimum atomic E-state index is -1.22. The Kier molecular flexibility index (Phi) is 4.41. The summed E-state index contributed by atoms with van der Waals surface area (Å²) in [6.45, 7) is 1.95. The van der Waals surface area contributed by atoms with Crippen molar-refractivity contribution in [2.24, 2.45) is 0 Å². The fourth-order valence-corrected chi connectivity index (χ4v) is 3.78. The molecule has 0 saturated heterocycles. The van der Waals surface area contributed by atoms with E-state index in [0.717, 1.165) is 0 Å². The summed E-state index contributed by atoms with van der Waals surface area (Å²) in [5.41, 5.74) is -0.289. The van der Waals surface area contributed by atoms with Gasteiger partial charge in [0.05, 0.1) is 11.1 Å².